The minimum Gasteiger partial charge on any atom is -0.365 e. The van der Waals surface area contributed by atoms with Crippen molar-refractivity contribution in [1.82, 2.24) is 18.9 Å². The number of nitriles is 1. The molecule has 176 valence electrons. The summed E-state index contributed by atoms with van der Waals surface area (Å²) >= 11 is 0. The molecule has 4 rings (SSSR count). The number of carbonyl (C=O) groups excluding carboxylic acids is 1. The van der Waals surface area contributed by atoms with Crippen LogP contribution >= 0.6 is 0 Å². The second-order valence-corrected chi connectivity index (χ2v) is 8.53. The third-order valence-electron chi connectivity index (χ3n) is 5.82. The topological polar surface area (TPSA) is 129 Å². The average molecular weight is 469 g/mol. The van der Waals surface area contributed by atoms with Crippen molar-refractivity contribution in [3.05, 3.63) is 98.0 Å². The zero-order chi connectivity index (χ0) is 25.4. The van der Waals surface area contributed by atoms with Gasteiger partial charge in [0.2, 0.25) is 0 Å². The number of aromatic nitrogens is 4. The first-order chi connectivity index (χ1) is 16.6. The summed E-state index contributed by atoms with van der Waals surface area (Å²) in [6, 6.07) is 15.5. The lowest BCUT2D eigenvalue weighted by molar-refractivity contribution is 0.100. The fraction of sp³-hybridized carbons (Fsp3) is 0.192. The van der Waals surface area contributed by atoms with E-state index in [2.05, 4.69) is 11.2 Å². The molecular formula is C26H24N6O3. The van der Waals surface area contributed by atoms with Crippen molar-refractivity contribution >= 4 is 5.91 Å². The zero-order valence-corrected chi connectivity index (χ0v) is 19.8. The van der Waals surface area contributed by atoms with Crippen LogP contribution in [0, 0.1) is 25.2 Å². The molecule has 9 nitrogen and oxygen atoms in total. The smallest absolute Gasteiger partial charge is 0.336 e. The van der Waals surface area contributed by atoms with Crippen LogP contribution in [0.5, 0.6) is 0 Å². The van der Waals surface area contributed by atoms with Crippen molar-refractivity contribution in [2.24, 2.45) is 5.73 Å². The largest absolute Gasteiger partial charge is 0.365 e. The van der Waals surface area contributed by atoms with Gasteiger partial charge >= 0.3 is 5.69 Å². The average Bonchev–Trinajstić information content (AvgIpc) is 3.24. The van der Waals surface area contributed by atoms with Gasteiger partial charge in [-0.15, -0.1) is 0 Å². The lowest BCUT2D eigenvalue weighted by atomic mass is 10.1. The van der Waals surface area contributed by atoms with Gasteiger partial charge in [-0.25, -0.2) is 9.48 Å². The normalized spacial score (nSPS) is 11.0. The second kappa shape index (κ2) is 8.91. The van der Waals surface area contributed by atoms with Gasteiger partial charge in [-0.2, -0.15) is 10.4 Å². The molecular weight excluding hydrogens is 444 g/mol. The number of hydrogen-bond donors (Lipinski definition) is 1. The van der Waals surface area contributed by atoms with Crippen LogP contribution in [-0.4, -0.2) is 24.8 Å². The van der Waals surface area contributed by atoms with Crippen LogP contribution < -0.4 is 17.0 Å². The Labute approximate surface area is 201 Å². The standard InChI is InChI=1S/C26H24N6O3/c1-15(2)30-25(34)22(17(4)31(26(30)35)20-7-5-6-16(3)12-20)23-21(24(28)33)14-29-32(23)19-10-8-18(13-27)9-11-19/h5-12,14-15H,1-4H3,(H2,28,33). The van der Waals surface area contributed by atoms with Crippen LogP contribution in [0.25, 0.3) is 22.6 Å². The van der Waals surface area contributed by atoms with Crippen LogP contribution in [0.15, 0.2) is 64.3 Å². The Kier molecular flexibility index (Phi) is 5.97. The highest BCUT2D eigenvalue weighted by Gasteiger charge is 2.27. The third-order valence-corrected chi connectivity index (χ3v) is 5.82. The van der Waals surface area contributed by atoms with Crippen molar-refractivity contribution in [2.45, 2.75) is 33.7 Å². The Morgan fingerprint density at radius 3 is 2.31 bits per heavy atom. The summed E-state index contributed by atoms with van der Waals surface area (Å²) < 4.78 is 4.05. The van der Waals surface area contributed by atoms with Gasteiger partial charge in [0.25, 0.3) is 11.5 Å². The van der Waals surface area contributed by atoms with Crippen LogP contribution in [0.2, 0.25) is 0 Å². The summed E-state index contributed by atoms with van der Waals surface area (Å²) in [5, 5.41) is 13.5. The molecule has 2 N–H and O–H groups in total. The fourth-order valence-corrected chi connectivity index (χ4v) is 4.17. The van der Waals surface area contributed by atoms with Crippen molar-refractivity contribution in [1.29, 1.82) is 5.26 Å². The number of nitrogens with zero attached hydrogens (tertiary/aromatic N) is 5. The number of rotatable bonds is 5. The van der Waals surface area contributed by atoms with Gasteiger partial charge in [0, 0.05) is 11.7 Å². The van der Waals surface area contributed by atoms with E-state index in [1.165, 1.54) is 15.4 Å². The van der Waals surface area contributed by atoms with Crippen LogP contribution in [-0.2, 0) is 0 Å². The number of benzene rings is 2. The zero-order valence-electron chi connectivity index (χ0n) is 19.8. The molecule has 0 aliphatic rings. The highest BCUT2D eigenvalue weighted by atomic mass is 16.2. The Bertz CT molecular complexity index is 1620. The molecule has 0 bridgehead atoms. The molecule has 0 radical (unpaired) electrons. The minimum absolute atomic E-state index is 0.0410. The molecule has 0 aliphatic heterocycles. The van der Waals surface area contributed by atoms with E-state index in [-0.39, 0.29) is 16.8 Å². The van der Waals surface area contributed by atoms with Gasteiger partial charge < -0.3 is 5.73 Å². The Morgan fingerprint density at radius 2 is 1.74 bits per heavy atom. The van der Waals surface area contributed by atoms with E-state index in [1.54, 1.807) is 51.1 Å². The SMILES string of the molecule is Cc1cccc(-n2c(C)c(-c3c(C(N)=O)cnn3-c3ccc(C#N)cc3)c(=O)n(C(C)C)c2=O)c1. The van der Waals surface area contributed by atoms with Gasteiger partial charge in [0.05, 0.1) is 46.0 Å². The molecule has 2 heterocycles. The van der Waals surface area contributed by atoms with E-state index in [0.717, 1.165) is 10.1 Å². The van der Waals surface area contributed by atoms with E-state index < -0.39 is 23.2 Å². The van der Waals surface area contributed by atoms with Crippen molar-refractivity contribution < 1.29 is 4.79 Å². The minimum atomic E-state index is -0.761. The summed E-state index contributed by atoms with van der Waals surface area (Å²) in [6.07, 6.45) is 1.30. The molecule has 0 fully saturated rings. The number of hydrogen-bond acceptors (Lipinski definition) is 5. The van der Waals surface area contributed by atoms with Crippen molar-refractivity contribution in [2.75, 3.05) is 0 Å². The highest BCUT2D eigenvalue weighted by molar-refractivity contribution is 5.99. The number of primary amides is 1. The summed E-state index contributed by atoms with van der Waals surface area (Å²) in [5.74, 6) is -0.761. The first-order valence-electron chi connectivity index (χ1n) is 11.0. The molecule has 4 aromatic rings. The maximum absolute atomic E-state index is 13.8. The molecule has 9 heteroatoms. The number of amides is 1. The predicted octanol–water partition coefficient (Wildman–Crippen LogP) is 3.02. The molecule has 2 aromatic carbocycles. The van der Waals surface area contributed by atoms with E-state index in [1.807, 2.05) is 25.1 Å². The van der Waals surface area contributed by atoms with Crippen LogP contribution in [0.1, 0.15) is 47.1 Å². The predicted molar refractivity (Wildman–Crippen MR) is 132 cm³/mol. The molecule has 0 spiro atoms. The third kappa shape index (κ3) is 3.95. The highest BCUT2D eigenvalue weighted by Crippen LogP contribution is 2.28. The molecule has 0 aliphatic carbocycles. The summed E-state index contributed by atoms with van der Waals surface area (Å²) in [5.41, 5.74) is 7.85. The van der Waals surface area contributed by atoms with Gasteiger partial charge in [0.15, 0.2) is 0 Å². The molecule has 2 aromatic heterocycles. The lowest BCUT2D eigenvalue weighted by Gasteiger charge is -2.20. The first kappa shape index (κ1) is 23.4. The van der Waals surface area contributed by atoms with Gasteiger partial charge in [-0.05, 0) is 69.7 Å². The lowest BCUT2D eigenvalue weighted by Crippen LogP contribution is -2.42. The van der Waals surface area contributed by atoms with Gasteiger partial charge in [-0.1, -0.05) is 12.1 Å². The monoisotopic (exact) mass is 468 g/mol. The first-order valence-corrected chi connectivity index (χ1v) is 11.0. The van der Waals surface area contributed by atoms with E-state index in [9.17, 15) is 14.4 Å². The van der Waals surface area contributed by atoms with Crippen molar-refractivity contribution in [3.63, 3.8) is 0 Å². The maximum atomic E-state index is 13.8. The Balaban J connectivity index is 2.16. The van der Waals surface area contributed by atoms with Crippen molar-refractivity contribution in [3.8, 4) is 28.7 Å². The molecule has 0 saturated heterocycles. The molecule has 35 heavy (non-hydrogen) atoms. The fourth-order valence-electron chi connectivity index (χ4n) is 4.17. The maximum Gasteiger partial charge on any atom is 0.336 e. The molecule has 0 unspecified atom stereocenters. The molecule has 1 amide bonds. The van der Waals surface area contributed by atoms with Crippen LogP contribution in [0.3, 0.4) is 0 Å². The summed E-state index contributed by atoms with van der Waals surface area (Å²) in [6.45, 7) is 7.06. The van der Waals surface area contributed by atoms with E-state index in [0.29, 0.717) is 22.6 Å². The quantitative estimate of drug-likeness (QED) is 0.481. The Hall–Kier alpha value is -4.71. The van der Waals surface area contributed by atoms with Gasteiger partial charge in [-0.3, -0.25) is 18.7 Å². The van der Waals surface area contributed by atoms with Gasteiger partial charge in [0.1, 0.15) is 0 Å². The van der Waals surface area contributed by atoms with Crippen LogP contribution in [0.4, 0.5) is 0 Å². The molecule has 0 saturated carbocycles. The Morgan fingerprint density at radius 1 is 1.06 bits per heavy atom. The summed E-state index contributed by atoms with van der Waals surface area (Å²) in [4.78, 5) is 39.7. The summed E-state index contributed by atoms with van der Waals surface area (Å²) in [7, 11) is 0. The molecule has 0 atom stereocenters. The number of nitrogens with two attached hydrogens (primary N) is 1. The number of aryl methyl sites for hydroxylation is 1. The second-order valence-electron chi connectivity index (χ2n) is 8.53. The number of carbonyl (C=O) groups is 1. The van der Waals surface area contributed by atoms with E-state index in [4.69, 9.17) is 11.0 Å². The van der Waals surface area contributed by atoms with E-state index >= 15 is 0 Å².